The molecule has 84 valence electrons. The van der Waals surface area contributed by atoms with Crippen molar-refractivity contribution in [3.63, 3.8) is 0 Å². The SMILES string of the molecule is Cc1ccc(-c2nc(C(C)O)sc2C)cc1. The summed E-state index contributed by atoms with van der Waals surface area (Å²) in [5, 5.41) is 10.3. The molecule has 16 heavy (non-hydrogen) atoms. The summed E-state index contributed by atoms with van der Waals surface area (Å²) in [6, 6.07) is 8.30. The Labute approximate surface area is 99.6 Å². The highest BCUT2D eigenvalue weighted by molar-refractivity contribution is 7.12. The van der Waals surface area contributed by atoms with Crippen molar-refractivity contribution in [2.24, 2.45) is 0 Å². The quantitative estimate of drug-likeness (QED) is 0.861. The van der Waals surface area contributed by atoms with Gasteiger partial charge in [-0.25, -0.2) is 4.98 Å². The van der Waals surface area contributed by atoms with Crippen LogP contribution in [-0.4, -0.2) is 10.1 Å². The van der Waals surface area contributed by atoms with E-state index < -0.39 is 6.10 Å². The molecule has 2 rings (SSSR count). The summed E-state index contributed by atoms with van der Waals surface area (Å²) in [7, 11) is 0. The van der Waals surface area contributed by atoms with Gasteiger partial charge in [0, 0.05) is 10.4 Å². The predicted octanol–water partition coefficient (Wildman–Crippen LogP) is 3.48. The van der Waals surface area contributed by atoms with Crippen molar-refractivity contribution < 1.29 is 5.11 Å². The van der Waals surface area contributed by atoms with Gasteiger partial charge < -0.3 is 5.11 Å². The van der Waals surface area contributed by atoms with Crippen LogP contribution in [0.5, 0.6) is 0 Å². The number of thiazole rings is 1. The Bertz CT molecular complexity index is 485. The average molecular weight is 233 g/mol. The minimum atomic E-state index is -0.483. The van der Waals surface area contributed by atoms with E-state index in [9.17, 15) is 5.11 Å². The Kier molecular flexibility index (Phi) is 3.08. The topological polar surface area (TPSA) is 33.1 Å². The van der Waals surface area contributed by atoms with Crippen molar-refractivity contribution in [3.8, 4) is 11.3 Å². The highest BCUT2D eigenvalue weighted by Gasteiger charge is 2.12. The summed E-state index contributed by atoms with van der Waals surface area (Å²) in [6.07, 6.45) is -0.483. The fraction of sp³-hybridized carbons (Fsp3) is 0.308. The molecule has 0 aliphatic rings. The van der Waals surface area contributed by atoms with E-state index >= 15 is 0 Å². The molecule has 1 unspecified atom stereocenters. The maximum absolute atomic E-state index is 9.50. The van der Waals surface area contributed by atoms with Crippen molar-refractivity contribution in [2.45, 2.75) is 26.9 Å². The van der Waals surface area contributed by atoms with Gasteiger partial charge in [-0.3, -0.25) is 0 Å². The Hall–Kier alpha value is -1.19. The number of nitrogens with zero attached hydrogens (tertiary/aromatic N) is 1. The fourth-order valence-corrected chi connectivity index (χ4v) is 2.46. The summed E-state index contributed by atoms with van der Waals surface area (Å²) >= 11 is 1.56. The molecule has 3 heteroatoms. The monoisotopic (exact) mass is 233 g/mol. The minimum Gasteiger partial charge on any atom is -0.386 e. The molecule has 0 spiro atoms. The lowest BCUT2D eigenvalue weighted by atomic mass is 10.1. The fourth-order valence-electron chi connectivity index (χ4n) is 1.57. The van der Waals surface area contributed by atoms with Crippen LogP contribution in [0.2, 0.25) is 0 Å². The molecule has 1 aromatic heterocycles. The van der Waals surface area contributed by atoms with Crippen LogP contribution < -0.4 is 0 Å². The zero-order valence-corrected chi connectivity index (χ0v) is 10.5. The van der Waals surface area contributed by atoms with Crippen molar-refractivity contribution in [2.75, 3.05) is 0 Å². The number of aromatic nitrogens is 1. The number of hydrogen-bond donors (Lipinski definition) is 1. The highest BCUT2D eigenvalue weighted by Crippen LogP contribution is 2.30. The first-order chi connectivity index (χ1) is 7.58. The van der Waals surface area contributed by atoms with E-state index in [2.05, 4.69) is 36.2 Å². The third kappa shape index (κ3) is 2.15. The van der Waals surface area contributed by atoms with Crippen LogP contribution in [0.1, 0.15) is 28.5 Å². The second-order valence-corrected chi connectivity index (χ2v) is 5.23. The summed E-state index contributed by atoms with van der Waals surface area (Å²) < 4.78 is 0. The highest BCUT2D eigenvalue weighted by atomic mass is 32.1. The third-order valence-corrected chi connectivity index (χ3v) is 3.64. The van der Waals surface area contributed by atoms with E-state index in [1.54, 1.807) is 18.3 Å². The average Bonchev–Trinajstić information content (AvgIpc) is 2.62. The molecule has 2 aromatic rings. The molecule has 0 aliphatic heterocycles. The van der Waals surface area contributed by atoms with Crippen molar-refractivity contribution in [3.05, 3.63) is 39.7 Å². The predicted molar refractivity (Wildman–Crippen MR) is 67.7 cm³/mol. The van der Waals surface area contributed by atoms with Crippen LogP contribution in [0.4, 0.5) is 0 Å². The molecule has 1 atom stereocenters. The van der Waals surface area contributed by atoms with Crippen molar-refractivity contribution in [1.82, 2.24) is 4.98 Å². The van der Waals surface area contributed by atoms with Crippen LogP contribution in [0.25, 0.3) is 11.3 Å². The molecule has 0 saturated carbocycles. The molecule has 0 fully saturated rings. The molecule has 0 radical (unpaired) electrons. The zero-order valence-electron chi connectivity index (χ0n) is 9.69. The third-order valence-electron chi connectivity index (χ3n) is 2.50. The normalized spacial score (nSPS) is 12.8. The van der Waals surface area contributed by atoms with Crippen LogP contribution in [0.15, 0.2) is 24.3 Å². The van der Waals surface area contributed by atoms with Crippen LogP contribution in [-0.2, 0) is 0 Å². The number of aryl methyl sites for hydroxylation is 2. The Morgan fingerprint density at radius 1 is 1.19 bits per heavy atom. The maximum Gasteiger partial charge on any atom is 0.122 e. The second kappa shape index (κ2) is 4.36. The maximum atomic E-state index is 9.50. The molecule has 1 aromatic carbocycles. The van der Waals surface area contributed by atoms with E-state index in [0.717, 1.165) is 21.1 Å². The van der Waals surface area contributed by atoms with E-state index in [1.807, 2.05) is 6.92 Å². The number of rotatable bonds is 2. The number of hydrogen-bond acceptors (Lipinski definition) is 3. The van der Waals surface area contributed by atoms with E-state index in [4.69, 9.17) is 0 Å². The molecular weight excluding hydrogens is 218 g/mol. The van der Waals surface area contributed by atoms with Crippen LogP contribution in [0.3, 0.4) is 0 Å². The Morgan fingerprint density at radius 3 is 2.31 bits per heavy atom. The second-order valence-electron chi connectivity index (χ2n) is 4.00. The van der Waals surface area contributed by atoms with Crippen LogP contribution >= 0.6 is 11.3 Å². The molecule has 0 amide bonds. The van der Waals surface area contributed by atoms with Crippen molar-refractivity contribution in [1.29, 1.82) is 0 Å². The first-order valence-corrected chi connectivity index (χ1v) is 6.12. The van der Waals surface area contributed by atoms with E-state index in [-0.39, 0.29) is 0 Å². The van der Waals surface area contributed by atoms with Gasteiger partial charge in [0.05, 0.1) is 5.69 Å². The molecular formula is C13H15NOS. The van der Waals surface area contributed by atoms with Gasteiger partial charge in [0.1, 0.15) is 11.1 Å². The lowest BCUT2D eigenvalue weighted by Crippen LogP contribution is -1.89. The molecule has 1 heterocycles. The van der Waals surface area contributed by atoms with Crippen LogP contribution in [0, 0.1) is 13.8 Å². The minimum absolute atomic E-state index is 0.483. The molecule has 0 saturated heterocycles. The standard InChI is InChI=1S/C13H15NOS/c1-8-4-6-11(7-5-8)12-10(3)16-13(14-12)9(2)15/h4-7,9,15H,1-3H3. The molecule has 0 aliphatic carbocycles. The molecule has 0 bridgehead atoms. The van der Waals surface area contributed by atoms with Gasteiger partial charge in [-0.15, -0.1) is 11.3 Å². The Morgan fingerprint density at radius 2 is 1.81 bits per heavy atom. The number of benzene rings is 1. The summed E-state index contributed by atoms with van der Waals surface area (Å²) in [5.41, 5.74) is 3.35. The van der Waals surface area contributed by atoms with Gasteiger partial charge in [-0.1, -0.05) is 29.8 Å². The first-order valence-electron chi connectivity index (χ1n) is 5.30. The number of aliphatic hydroxyl groups is 1. The Balaban J connectivity index is 2.44. The molecule has 2 nitrogen and oxygen atoms in total. The van der Waals surface area contributed by atoms with Gasteiger partial charge in [-0.05, 0) is 20.8 Å². The van der Waals surface area contributed by atoms with Crippen molar-refractivity contribution >= 4 is 11.3 Å². The van der Waals surface area contributed by atoms with Gasteiger partial charge in [0.25, 0.3) is 0 Å². The zero-order chi connectivity index (χ0) is 11.7. The van der Waals surface area contributed by atoms with Gasteiger partial charge in [0.15, 0.2) is 0 Å². The van der Waals surface area contributed by atoms with Gasteiger partial charge in [0.2, 0.25) is 0 Å². The largest absolute Gasteiger partial charge is 0.386 e. The van der Waals surface area contributed by atoms with E-state index in [0.29, 0.717) is 0 Å². The summed E-state index contributed by atoms with van der Waals surface area (Å²) in [5.74, 6) is 0. The van der Waals surface area contributed by atoms with Gasteiger partial charge >= 0.3 is 0 Å². The lowest BCUT2D eigenvalue weighted by Gasteiger charge is -1.99. The first kappa shape index (κ1) is 11.3. The van der Waals surface area contributed by atoms with E-state index in [1.165, 1.54) is 5.56 Å². The summed E-state index contributed by atoms with van der Waals surface area (Å²) in [6.45, 7) is 5.86. The number of aliphatic hydroxyl groups excluding tert-OH is 1. The molecule has 1 N–H and O–H groups in total. The van der Waals surface area contributed by atoms with Gasteiger partial charge in [-0.2, -0.15) is 0 Å². The smallest absolute Gasteiger partial charge is 0.122 e. The summed E-state index contributed by atoms with van der Waals surface area (Å²) in [4.78, 5) is 5.63. The lowest BCUT2D eigenvalue weighted by molar-refractivity contribution is 0.199.